The van der Waals surface area contributed by atoms with Crippen LogP contribution in [0, 0.1) is 6.57 Å². The van der Waals surface area contributed by atoms with Crippen LogP contribution < -0.4 is 0 Å². The Morgan fingerprint density at radius 3 is 2.22 bits per heavy atom. The molecule has 0 aliphatic heterocycles. The highest BCUT2D eigenvalue weighted by molar-refractivity contribution is 6.00. The SMILES string of the molecule is [C-]#[N+]c1c(-c2ccc(C(C)(C)C)cc2)c(C(=O)O)n(C)c1CC. The summed E-state index contributed by atoms with van der Waals surface area (Å²) in [4.78, 5) is 15.3. The van der Waals surface area contributed by atoms with Gasteiger partial charge in [0.05, 0.1) is 6.57 Å². The summed E-state index contributed by atoms with van der Waals surface area (Å²) in [7, 11) is 1.71. The first-order valence-corrected chi connectivity index (χ1v) is 7.65. The van der Waals surface area contributed by atoms with Crippen molar-refractivity contribution in [2.75, 3.05) is 0 Å². The fourth-order valence-corrected chi connectivity index (χ4v) is 2.90. The molecule has 0 radical (unpaired) electrons. The molecule has 0 bridgehead atoms. The van der Waals surface area contributed by atoms with E-state index in [1.54, 1.807) is 11.6 Å². The van der Waals surface area contributed by atoms with Gasteiger partial charge in [-0.2, -0.15) is 0 Å². The van der Waals surface area contributed by atoms with Gasteiger partial charge in [0, 0.05) is 18.3 Å². The summed E-state index contributed by atoms with van der Waals surface area (Å²) in [6.07, 6.45) is 0.620. The Balaban J connectivity index is 2.72. The standard InChI is InChI=1S/C19H22N2O2/c1-7-14-16(20-5)15(17(18(22)23)21(14)6)12-8-10-13(11-9-12)19(2,3)4/h8-11H,7H2,1-4,6H3,(H,22,23). The van der Waals surface area contributed by atoms with E-state index in [9.17, 15) is 9.90 Å². The second kappa shape index (κ2) is 5.92. The second-order valence-corrected chi connectivity index (χ2v) is 6.68. The molecule has 1 heterocycles. The summed E-state index contributed by atoms with van der Waals surface area (Å²) in [5, 5.41) is 9.60. The number of hydrogen-bond acceptors (Lipinski definition) is 1. The van der Waals surface area contributed by atoms with Crippen molar-refractivity contribution >= 4 is 11.7 Å². The van der Waals surface area contributed by atoms with Crippen LogP contribution in [0.25, 0.3) is 16.0 Å². The molecule has 120 valence electrons. The fraction of sp³-hybridized carbons (Fsp3) is 0.368. The van der Waals surface area contributed by atoms with Gasteiger partial charge >= 0.3 is 5.97 Å². The van der Waals surface area contributed by atoms with Crippen LogP contribution in [-0.4, -0.2) is 15.6 Å². The highest BCUT2D eigenvalue weighted by Crippen LogP contribution is 2.40. The highest BCUT2D eigenvalue weighted by atomic mass is 16.4. The largest absolute Gasteiger partial charge is 0.477 e. The summed E-state index contributed by atoms with van der Waals surface area (Å²) in [6, 6.07) is 7.84. The van der Waals surface area contributed by atoms with Gasteiger partial charge in [-0.1, -0.05) is 52.0 Å². The lowest BCUT2D eigenvalue weighted by Crippen LogP contribution is -2.10. The number of hydrogen-bond donors (Lipinski definition) is 1. The summed E-state index contributed by atoms with van der Waals surface area (Å²) in [5.41, 5.74) is 3.87. The van der Waals surface area contributed by atoms with Gasteiger partial charge < -0.3 is 9.67 Å². The predicted octanol–water partition coefficient (Wildman–Crippen LogP) is 4.80. The van der Waals surface area contributed by atoms with E-state index in [2.05, 4.69) is 25.6 Å². The number of carboxylic acid groups (broad SMARTS) is 1. The van der Waals surface area contributed by atoms with Gasteiger partial charge in [-0.3, -0.25) is 0 Å². The quantitative estimate of drug-likeness (QED) is 0.828. The van der Waals surface area contributed by atoms with Crippen molar-refractivity contribution < 1.29 is 9.90 Å². The number of benzene rings is 1. The summed E-state index contributed by atoms with van der Waals surface area (Å²) in [6.45, 7) is 15.8. The van der Waals surface area contributed by atoms with Crippen molar-refractivity contribution in [2.24, 2.45) is 7.05 Å². The smallest absolute Gasteiger partial charge is 0.351 e. The van der Waals surface area contributed by atoms with Crippen molar-refractivity contribution in [3.63, 3.8) is 0 Å². The molecule has 1 aromatic carbocycles. The van der Waals surface area contributed by atoms with Crippen molar-refractivity contribution in [3.05, 3.63) is 52.6 Å². The summed E-state index contributed by atoms with van der Waals surface area (Å²) in [5.74, 6) is -1.01. The topological polar surface area (TPSA) is 46.6 Å². The number of carbonyl (C=O) groups is 1. The number of rotatable bonds is 3. The number of nitrogens with zero attached hydrogens (tertiary/aromatic N) is 2. The zero-order chi connectivity index (χ0) is 17.4. The van der Waals surface area contributed by atoms with E-state index in [4.69, 9.17) is 6.57 Å². The molecule has 0 fully saturated rings. The summed E-state index contributed by atoms with van der Waals surface area (Å²) < 4.78 is 1.63. The Kier molecular flexibility index (Phi) is 4.33. The lowest BCUT2D eigenvalue weighted by molar-refractivity contribution is 0.0687. The van der Waals surface area contributed by atoms with E-state index in [0.29, 0.717) is 17.7 Å². The molecule has 0 unspecified atom stereocenters. The van der Waals surface area contributed by atoms with Crippen molar-refractivity contribution in [1.29, 1.82) is 0 Å². The Morgan fingerprint density at radius 2 is 1.83 bits per heavy atom. The van der Waals surface area contributed by atoms with E-state index in [-0.39, 0.29) is 11.1 Å². The van der Waals surface area contributed by atoms with Crippen molar-refractivity contribution in [1.82, 2.24) is 4.57 Å². The number of aromatic carboxylic acids is 1. The zero-order valence-electron chi connectivity index (χ0n) is 14.3. The maximum absolute atomic E-state index is 11.7. The number of carboxylic acids is 1. The molecular formula is C19H22N2O2. The Morgan fingerprint density at radius 1 is 1.26 bits per heavy atom. The Bertz CT molecular complexity index is 785. The molecular weight excluding hydrogens is 288 g/mol. The molecule has 0 saturated carbocycles. The third-order valence-corrected chi connectivity index (χ3v) is 4.18. The molecule has 0 atom stereocenters. The molecule has 0 aliphatic carbocycles. The molecule has 2 aromatic rings. The average Bonchev–Trinajstić information content (AvgIpc) is 2.78. The van der Waals surface area contributed by atoms with E-state index >= 15 is 0 Å². The Labute approximate surface area is 137 Å². The molecule has 0 amide bonds. The van der Waals surface area contributed by atoms with Crippen LogP contribution in [0.15, 0.2) is 24.3 Å². The van der Waals surface area contributed by atoms with Gasteiger partial charge in [-0.25, -0.2) is 9.64 Å². The van der Waals surface area contributed by atoms with Crippen LogP contribution in [0.5, 0.6) is 0 Å². The van der Waals surface area contributed by atoms with Crippen LogP contribution in [0.1, 0.15) is 49.4 Å². The van der Waals surface area contributed by atoms with Gasteiger partial charge in [0.2, 0.25) is 5.69 Å². The van der Waals surface area contributed by atoms with Crippen LogP contribution in [0.4, 0.5) is 5.69 Å². The molecule has 0 aliphatic rings. The molecule has 2 rings (SSSR count). The van der Waals surface area contributed by atoms with Gasteiger partial charge in [-0.15, -0.1) is 0 Å². The zero-order valence-corrected chi connectivity index (χ0v) is 14.3. The van der Waals surface area contributed by atoms with Crippen LogP contribution in [-0.2, 0) is 18.9 Å². The van der Waals surface area contributed by atoms with Gasteiger partial charge in [0.25, 0.3) is 0 Å². The third-order valence-electron chi connectivity index (χ3n) is 4.18. The summed E-state index contributed by atoms with van der Waals surface area (Å²) >= 11 is 0. The van der Waals surface area contributed by atoms with Crippen molar-refractivity contribution in [2.45, 2.75) is 39.5 Å². The third kappa shape index (κ3) is 2.87. The first-order valence-electron chi connectivity index (χ1n) is 7.65. The lowest BCUT2D eigenvalue weighted by atomic mass is 9.86. The predicted molar refractivity (Wildman–Crippen MR) is 92.1 cm³/mol. The molecule has 4 nitrogen and oxygen atoms in total. The van der Waals surface area contributed by atoms with Crippen molar-refractivity contribution in [3.8, 4) is 11.1 Å². The fourth-order valence-electron chi connectivity index (χ4n) is 2.90. The normalized spacial score (nSPS) is 11.3. The van der Waals surface area contributed by atoms with E-state index in [1.807, 2.05) is 31.2 Å². The monoisotopic (exact) mass is 310 g/mol. The van der Waals surface area contributed by atoms with Crippen LogP contribution in [0.2, 0.25) is 0 Å². The van der Waals surface area contributed by atoms with E-state index in [1.165, 1.54) is 5.56 Å². The maximum atomic E-state index is 11.7. The molecule has 4 heteroatoms. The first kappa shape index (κ1) is 16.8. The average molecular weight is 310 g/mol. The Hall–Kier alpha value is -2.54. The van der Waals surface area contributed by atoms with Gasteiger partial charge in [0.15, 0.2) is 0 Å². The second-order valence-electron chi connectivity index (χ2n) is 6.68. The minimum absolute atomic E-state index is 0.0298. The van der Waals surface area contributed by atoms with Crippen LogP contribution in [0.3, 0.4) is 0 Å². The first-order chi connectivity index (χ1) is 10.7. The van der Waals surface area contributed by atoms with E-state index in [0.717, 1.165) is 11.3 Å². The number of aromatic nitrogens is 1. The maximum Gasteiger partial charge on any atom is 0.351 e. The van der Waals surface area contributed by atoms with Crippen LogP contribution >= 0.6 is 0 Å². The molecule has 1 aromatic heterocycles. The lowest BCUT2D eigenvalue weighted by Gasteiger charge is -2.19. The minimum atomic E-state index is -1.01. The molecule has 23 heavy (non-hydrogen) atoms. The molecule has 0 spiro atoms. The van der Waals surface area contributed by atoms with Gasteiger partial charge in [0.1, 0.15) is 5.69 Å². The molecule has 1 N–H and O–H groups in total. The van der Waals surface area contributed by atoms with Gasteiger partial charge in [-0.05, 0) is 23.0 Å². The highest BCUT2D eigenvalue weighted by Gasteiger charge is 2.26. The van der Waals surface area contributed by atoms with E-state index < -0.39 is 5.97 Å². The molecule has 0 saturated heterocycles. The minimum Gasteiger partial charge on any atom is -0.477 e.